The molecule has 8 heteroatoms. The van der Waals surface area contributed by atoms with E-state index in [4.69, 9.17) is 17.2 Å². The van der Waals surface area contributed by atoms with Gasteiger partial charge in [0.05, 0.1) is 11.2 Å². The lowest BCUT2D eigenvalue weighted by Gasteiger charge is -2.04. The summed E-state index contributed by atoms with van der Waals surface area (Å²) < 4.78 is 25.1. The van der Waals surface area contributed by atoms with Crippen LogP contribution >= 0.6 is 0 Å². The first-order valence-electron chi connectivity index (χ1n) is 11.4. The number of hydrogen-bond acceptors (Lipinski definition) is 6. The second-order valence-corrected chi connectivity index (χ2v) is 8.22. The Balaban J connectivity index is 0.000000171. The van der Waals surface area contributed by atoms with Crippen molar-refractivity contribution in [2.75, 3.05) is 17.2 Å². The minimum Gasteiger partial charge on any atom is -0.399 e. The summed E-state index contributed by atoms with van der Waals surface area (Å²) in [6, 6.07) is 26.1. The molecule has 0 fully saturated rings. The van der Waals surface area contributed by atoms with E-state index in [-0.39, 0.29) is 17.4 Å². The van der Waals surface area contributed by atoms with Gasteiger partial charge in [0.1, 0.15) is 11.6 Å². The topological polar surface area (TPSA) is 125 Å². The maximum atomic E-state index is 12.9. The zero-order valence-electron chi connectivity index (χ0n) is 20.6. The average Bonchev–Trinajstić information content (AvgIpc) is 2.90. The van der Waals surface area contributed by atoms with E-state index in [0.717, 1.165) is 22.2 Å². The number of hydrogen-bond donors (Lipinski definition) is 3. The fourth-order valence-corrected chi connectivity index (χ4v) is 3.30. The fourth-order valence-electron chi connectivity index (χ4n) is 3.30. The first-order chi connectivity index (χ1) is 18.2. The molecule has 0 radical (unpaired) electrons. The van der Waals surface area contributed by atoms with Gasteiger partial charge in [0.25, 0.3) is 0 Å². The molecule has 0 atom stereocenters. The third-order valence-corrected chi connectivity index (χ3v) is 5.34. The van der Waals surface area contributed by atoms with E-state index in [1.54, 1.807) is 30.3 Å². The molecule has 0 spiro atoms. The molecule has 0 bridgehead atoms. The van der Waals surface area contributed by atoms with Gasteiger partial charge >= 0.3 is 0 Å². The minimum atomic E-state index is -0.315. The van der Waals surface area contributed by atoms with E-state index in [9.17, 15) is 18.4 Å². The number of aromatic nitrogens is 1. The number of carbonyl (C=O) groups excluding carboxylic acids is 2. The van der Waals surface area contributed by atoms with E-state index in [0.29, 0.717) is 34.5 Å². The molecule has 6 nitrogen and oxygen atoms in total. The van der Waals surface area contributed by atoms with E-state index < -0.39 is 0 Å². The van der Waals surface area contributed by atoms with Gasteiger partial charge < -0.3 is 17.2 Å². The Morgan fingerprint density at radius 3 is 1.87 bits per heavy atom. The highest BCUT2D eigenvalue weighted by Gasteiger charge is 2.02. The molecule has 0 amide bonds. The molecular weight excluding hydrogens is 486 g/mol. The van der Waals surface area contributed by atoms with Crippen LogP contribution in [0.25, 0.3) is 22.2 Å². The Hall–Kier alpha value is -5.11. The van der Waals surface area contributed by atoms with Gasteiger partial charge in [-0.25, -0.2) is 13.8 Å². The Labute approximate surface area is 218 Å². The average molecular weight is 513 g/mol. The van der Waals surface area contributed by atoms with Crippen molar-refractivity contribution in [2.24, 2.45) is 0 Å². The van der Waals surface area contributed by atoms with Crippen molar-refractivity contribution < 1.29 is 18.4 Å². The molecule has 0 unspecified atom stereocenters. The summed E-state index contributed by atoms with van der Waals surface area (Å²) in [7, 11) is 0. The van der Waals surface area contributed by atoms with E-state index in [1.165, 1.54) is 43.3 Å². The quantitative estimate of drug-likeness (QED) is 0.148. The number of nitrogens with two attached hydrogens (primary N) is 3. The molecule has 38 heavy (non-hydrogen) atoms. The Kier molecular flexibility index (Phi) is 9.21. The predicted molar refractivity (Wildman–Crippen MR) is 149 cm³/mol. The maximum Gasteiger partial charge on any atom is 0.159 e. The Morgan fingerprint density at radius 1 is 0.737 bits per heavy atom. The molecule has 1 aromatic heterocycles. The largest absolute Gasteiger partial charge is 0.399 e. The van der Waals surface area contributed by atoms with E-state index in [1.807, 2.05) is 30.3 Å². The van der Waals surface area contributed by atoms with Crippen LogP contribution in [0, 0.1) is 11.6 Å². The van der Waals surface area contributed by atoms with Crippen molar-refractivity contribution in [2.45, 2.75) is 6.92 Å². The third kappa shape index (κ3) is 7.69. The van der Waals surface area contributed by atoms with Gasteiger partial charge in [-0.1, -0.05) is 12.1 Å². The van der Waals surface area contributed by atoms with Crippen molar-refractivity contribution in [3.63, 3.8) is 0 Å². The van der Waals surface area contributed by atoms with Gasteiger partial charge in [0.15, 0.2) is 12.1 Å². The number of halogens is 2. The first-order valence-corrected chi connectivity index (χ1v) is 11.4. The molecule has 5 rings (SSSR count). The highest BCUT2D eigenvalue weighted by atomic mass is 19.1. The van der Waals surface area contributed by atoms with Gasteiger partial charge in [-0.2, -0.15) is 0 Å². The molecule has 0 saturated heterocycles. The molecule has 0 saturated carbocycles. The van der Waals surface area contributed by atoms with E-state index >= 15 is 0 Å². The standard InChI is InChI=1S/C15H11FN2.C8H7FO.C7H8N2O/c16-12-5-1-10(2-6-12)14-8-4-11-3-7-13(17)9-15(11)18-14;1-6(10)7-2-4-8(9)5-3-7;8-6-2-1-5(4-10)7(9)3-6/h1-9H,17H2;2-5H,1H3;1-4H,8-9H2. The van der Waals surface area contributed by atoms with Crippen molar-refractivity contribution in [3.05, 3.63) is 120 Å². The number of nitrogen functional groups attached to an aromatic ring is 3. The van der Waals surface area contributed by atoms with Crippen molar-refractivity contribution in [3.8, 4) is 11.3 Å². The summed E-state index contributed by atoms with van der Waals surface area (Å²) >= 11 is 0. The lowest BCUT2D eigenvalue weighted by Crippen LogP contribution is -1.94. The molecule has 1 heterocycles. The molecule has 6 N–H and O–H groups in total. The van der Waals surface area contributed by atoms with E-state index in [2.05, 4.69) is 4.98 Å². The number of anilines is 3. The summed E-state index contributed by atoms with van der Waals surface area (Å²) in [6.07, 6.45) is 0.703. The molecule has 4 aromatic carbocycles. The maximum absolute atomic E-state index is 12.9. The van der Waals surface area contributed by atoms with Crippen LogP contribution in [0.3, 0.4) is 0 Å². The SMILES string of the molecule is CC(=O)c1ccc(F)cc1.Nc1ccc(C=O)c(N)c1.Nc1ccc2ccc(-c3ccc(F)cc3)nc2c1. The van der Waals surface area contributed by atoms with Crippen LogP contribution in [0.1, 0.15) is 27.6 Å². The molecule has 0 aliphatic carbocycles. The molecule has 0 aliphatic rings. The molecule has 192 valence electrons. The monoisotopic (exact) mass is 512 g/mol. The van der Waals surface area contributed by atoms with Crippen LogP contribution in [0.5, 0.6) is 0 Å². The zero-order chi connectivity index (χ0) is 27.7. The minimum absolute atomic E-state index is 0.0417. The number of aldehydes is 1. The van der Waals surface area contributed by atoms with Gasteiger partial charge in [-0.05, 0) is 91.9 Å². The molecule has 5 aromatic rings. The summed E-state index contributed by atoms with van der Waals surface area (Å²) in [5.41, 5.74) is 21.8. The normalized spacial score (nSPS) is 9.97. The highest BCUT2D eigenvalue weighted by Crippen LogP contribution is 2.22. The number of ketones is 1. The second-order valence-electron chi connectivity index (χ2n) is 8.22. The van der Waals surface area contributed by atoms with Crippen LogP contribution in [0.2, 0.25) is 0 Å². The lowest BCUT2D eigenvalue weighted by molar-refractivity contribution is 0.101. The van der Waals surface area contributed by atoms with Crippen molar-refractivity contribution >= 4 is 40.0 Å². The van der Waals surface area contributed by atoms with Crippen LogP contribution in [0.15, 0.2) is 97.1 Å². The van der Waals surface area contributed by atoms with Gasteiger partial charge in [0.2, 0.25) is 0 Å². The van der Waals surface area contributed by atoms with Crippen LogP contribution in [-0.2, 0) is 0 Å². The van der Waals surface area contributed by atoms with Gasteiger partial charge in [0, 0.05) is 39.1 Å². The summed E-state index contributed by atoms with van der Waals surface area (Å²) in [5, 5.41) is 1.04. The third-order valence-electron chi connectivity index (χ3n) is 5.34. The number of Topliss-reactive ketones (excluding diaryl/α,β-unsaturated/α-hetero) is 1. The summed E-state index contributed by atoms with van der Waals surface area (Å²) in [5.74, 6) is -0.603. The number of benzene rings is 4. The molecular formula is C30H26F2N4O2. The molecule has 0 aliphatic heterocycles. The Bertz CT molecular complexity index is 1550. The number of carbonyl (C=O) groups is 2. The van der Waals surface area contributed by atoms with Crippen LogP contribution < -0.4 is 17.2 Å². The second kappa shape index (κ2) is 12.7. The first kappa shape index (κ1) is 27.5. The van der Waals surface area contributed by atoms with Crippen LogP contribution in [-0.4, -0.2) is 17.1 Å². The van der Waals surface area contributed by atoms with Gasteiger partial charge in [-0.15, -0.1) is 0 Å². The summed E-state index contributed by atoms with van der Waals surface area (Å²) in [6.45, 7) is 1.45. The van der Waals surface area contributed by atoms with Gasteiger partial charge in [-0.3, -0.25) is 9.59 Å². The highest BCUT2D eigenvalue weighted by molar-refractivity contribution is 5.93. The number of pyridine rings is 1. The predicted octanol–water partition coefficient (Wildman–Crippen LogP) is 6.31. The van der Waals surface area contributed by atoms with Crippen molar-refractivity contribution in [1.82, 2.24) is 4.98 Å². The zero-order valence-corrected chi connectivity index (χ0v) is 20.6. The number of fused-ring (bicyclic) bond motifs is 1. The number of nitrogens with zero attached hydrogens (tertiary/aromatic N) is 1. The van der Waals surface area contributed by atoms with Crippen molar-refractivity contribution in [1.29, 1.82) is 0 Å². The number of rotatable bonds is 3. The van der Waals surface area contributed by atoms with Crippen LogP contribution in [0.4, 0.5) is 25.8 Å². The smallest absolute Gasteiger partial charge is 0.159 e. The fraction of sp³-hybridized carbons (Fsp3) is 0.0333. The summed E-state index contributed by atoms with van der Waals surface area (Å²) in [4.78, 5) is 25.4. The Morgan fingerprint density at radius 2 is 1.29 bits per heavy atom. The lowest BCUT2D eigenvalue weighted by atomic mass is 10.1.